The van der Waals surface area contributed by atoms with Crippen molar-refractivity contribution >= 4 is 0 Å². The van der Waals surface area contributed by atoms with E-state index in [4.69, 9.17) is 5.26 Å². The molecule has 2 rings (SSSR count). The summed E-state index contributed by atoms with van der Waals surface area (Å²) in [6, 6.07) is 11.7. The van der Waals surface area contributed by atoms with Gasteiger partial charge in [0.15, 0.2) is 0 Å². The van der Waals surface area contributed by atoms with Crippen LogP contribution >= 0.6 is 0 Å². The highest BCUT2D eigenvalue weighted by Crippen LogP contribution is 2.27. The molecular formula is C15H20N2. The van der Waals surface area contributed by atoms with Crippen molar-refractivity contribution in [2.45, 2.75) is 45.2 Å². The van der Waals surface area contributed by atoms with Gasteiger partial charge in [0.05, 0.1) is 12.0 Å². The summed E-state index contributed by atoms with van der Waals surface area (Å²) in [6.45, 7) is 4.28. The molecule has 1 aromatic carbocycles. The van der Waals surface area contributed by atoms with E-state index < -0.39 is 0 Å². The molecule has 0 radical (unpaired) electrons. The van der Waals surface area contributed by atoms with E-state index in [1.165, 1.54) is 17.5 Å². The van der Waals surface area contributed by atoms with Crippen LogP contribution in [-0.4, -0.2) is 6.04 Å². The third-order valence-corrected chi connectivity index (χ3v) is 3.72. The molecule has 3 atom stereocenters. The predicted molar refractivity (Wildman–Crippen MR) is 69.5 cm³/mol. The van der Waals surface area contributed by atoms with Crippen LogP contribution in [0.5, 0.6) is 0 Å². The molecule has 0 bridgehead atoms. The molecule has 2 nitrogen and oxygen atoms in total. The van der Waals surface area contributed by atoms with Gasteiger partial charge >= 0.3 is 0 Å². The van der Waals surface area contributed by atoms with E-state index in [1.54, 1.807) is 0 Å². The Bertz CT molecular complexity index is 402. The number of nitriles is 1. The molecule has 1 aromatic rings. The van der Waals surface area contributed by atoms with E-state index in [0.717, 1.165) is 12.8 Å². The molecule has 1 N–H and O–H groups in total. The molecule has 0 spiro atoms. The highest BCUT2D eigenvalue weighted by Gasteiger charge is 2.27. The molecule has 17 heavy (non-hydrogen) atoms. The Balaban J connectivity index is 1.99. The monoisotopic (exact) mass is 228 g/mol. The second-order valence-electron chi connectivity index (χ2n) is 5.07. The first-order valence-corrected chi connectivity index (χ1v) is 6.43. The molecule has 1 saturated carbocycles. The number of aryl methyl sites for hydroxylation is 1. The molecule has 2 heteroatoms. The van der Waals surface area contributed by atoms with Gasteiger partial charge in [-0.25, -0.2) is 0 Å². The molecule has 1 aliphatic rings. The van der Waals surface area contributed by atoms with Crippen LogP contribution in [0.4, 0.5) is 0 Å². The molecule has 0 aliphatic heterocycles. The normalized spacial score (nSPS) is 25.5. The van der Waals surface area contributed by atoms with Crippen molar-refractivity contribution in [1.82, 2.24) is 5.32 Å². The van der Waals surface area contributed by atoms with Crippen LogP contribution in [0.15, 0.2) is 24.3 Å². The molecule has 90 valence electrons. The van der Waals surface area contributed by atoms with E-state index >= 15 is 0 Å². The summed E-state index contributed by atoms with van der Waals surface area (Å²) in [7, 11) is 0. The highest BCUT2D eigenvalue weighted by atomic mass is 15.0. The minimum atomic E-state index is 0.197. The summed E-state index contributed by atoms with van der Waals surface area (Å²) in [4.78, 5) is 0. The SMILES string of the molecule is Cc1ccc(C(C)NC2CCCC2C#N)cc1. The molecular weight excluding hydrogens is 208 g/mol. The van der Waals surface area contributed by atoms with Gasteiger partial charge < -0.3 is 5.32 Å². The largest absolute Gasteiger partial charge is 0.306 e. The highest BCUT2D eigenvalue weighted by molar-refractivity contribution is 5.23. The topological polar surface area (TPSA) is 35.8 Å². The number of benzene rings is 1. The van der Waals surface area contributed by atoms with Crippen molar-refractivity contribution in [3.63, 3.8) is 0 Å². The fraction of sp³-hybridized carbons (Fsp3) is 0.533. The van der Waals surface area contributed by atoms with Crippen molar-refractivity contribution < 1.29 is 0 Å². The Kier molecular flexibility index (Phi) is 3.81. The number of nitrogens with zero attached hydrogens (tertiary/aromatic N) is 1. The van der Waals surface area contributed by atoms with Gasteiger partial charge in [0.2, 0.25) is 0 Å². The van der Waals surface area contributed by atoms with E-state index in [1.807, 2.05) is 0 Å². The second-order valence-corrected chi connectivity index (χ2v) is 5.07. The zero-order valence-electron chi connectivity index (χ0n) is 10.6. The minimum absolute atomic E-state index is 0.197. The first-order valence-electron chi connectivity index (χ1n) is 6.43. The average molecular weight is 228 g/mol. The second kappa shape index (κ2) is 5.33. The zero-order valence-corrected chi connectivity index (χ0v) is 10.6. The summed E-state index contributed by atoms with van der Waals surface area (Å²) in [5.74, 6) is 0.197. The number of nitrogens with one attached hydrogen (secondary N) is 1. The first-order chi connectivity index (χ1) is 8.20. The molecule has 1 fully saturated rings. The molecule has 0 amide bonds. The summed E-state index contributed by atoms with van der Waals surface area (Å²) < 4.78 is 0. The lowest BCUT2D eigenvalue weighted by molar-refractivity contribution is 0.417. The van der Waals surface area contributed by atoms with E-state index in [-0.39, 0.29) is 5.92 Å². The van der Waals surface area contributed by atoms with Crippen molar-refractivity contribution in [2.24, 2.45) is 5.92 Å². The third-order valence-electron chi connectivity index (χ3n) is 3.72. The number of hydrogen-bond donors (Lipinski definition) is 1. The van der Waals surface area contributed by atoms with Crippen molar-refractivity contribution in [1.29, 1.82) is 5.26 Å². The van der Waals surface area contributed by atoms with Crippen molar-refractivity contribution in [3.05, 3.63) is 35.4 Å². The molecule has 1 aliphatic carbocycles. The fourth-order valence-corrected chi connectivity index (χ4v) is 2.59. The van der Waals surface area contributed by atoms with Crippen LogP contribution in [0.3, 0.4) is 0 Å². The van der Waals surface area contributed by atoms with Gasteiger partial charge in [0, 0.05) is 12.1 Å². The van der Waals surface area contributed by atoms with Gasteiger partial charge in [0.25, 0.3) is 0 Å². The molecule has 0 saturated heterocycles. The lowest BCUT2D eigenvalue weighted by Crippen LogP contribution is -2.33. The van der Waals surface area contributed by atoms with Gasteiger partial charge in [-0.15, -0.1) is 0 Å². The van der Waals surface area contributed by atoms with Crippen LogP contribution in [0.1, 0.15) is 43.4 Å². The molecule has 0 aromatic heterocycles. The van der Waals surface area contributed by atoms with Crippen molar-refractivity contribution in [3.8, 4) is 6.07 Å². The maximum absolute atomic E-state index is 9.07. The Labute approximate surface area is 104 Å². The van der Waals surface area contributed by atoms with Crippen molar-refractivity contribution in [2.75, 3.05) is 0 Å². The lowest BCUT2D eigenvalue weighted by Gasteiger charge is -2.22. The van der Waals surface area contributed by atoms with Gasteiger partial charge in [-0.3, -0.25) is 0 Å². The number of rotatable bonds is 3. The van der Waals surface area contributed by atoms with Gasteiger partial charge in [-0.2, -0.15) is 5.26 Å². The first kappa shape index (κ1) is 12.1. The standard InChI is InChI=1S/C15H20N2/c1-11-6-8-13(9-7-11)12(2)17-15-5-3-4-14(15)10-16/h6-9,12,14-15,17H,3-5H2,1-2H3. The Morgan fingerprint density at radius 3 is 2.65 bits per heavy atom. The summed E-state index contributed by atoms with van der Waals surface area (Å²) in [5, 5.41) is 12.7. The Morgan fingerprint density at radius 2 is 2.00 bits per heavy atom. The summed E-state index contributed by atoms with van der Waals surface area (Å²) >= 11 is 0. The summed E-state index contributed by atoms with van der Waals surface area (Å²) in [5.41, 5.74) is 2.59. The van der Waals surface area contributed by atoms with Gasteiger partial charge in [-0.1, -0.05) is 36.2 Å². The summed E-state index contributed by atoms with van der Waals surface area (Å²) in [6.07, 6.45) is 3.36. The van der Waals surface area contributed by atoms with Crippen LogP contribution in [-0.2, 0) is 0 Å². The minimum Gasteiger partial charge on any atom is -0.306 e. The van der Waals surface area contributed by atoms with E-state index in [0.29, 0.717) is 12.1 Å². The maximum atomic E-state index is 9.07. The number of hydrogen-bond acceptors (Lipinski definition) is 2. The average Bonchev–Trinajstić information content (AvgIpc) is 2.77. The Morgan fingerprint density at radius 1 is 1.29 bits per heavy atom. The maximum Gasteiger partial charge on any atom is 0.0672 e. The molecule has 0 heterocycles. The van der Waals surface area contributed by atoms with E-state index in [9.17, 15) is 0 Å². The smallest absolute Gasteiger partial charge is 0.0672 e. The van der Waals surface area contributed by atoms with Crippen LogP contribution in [0.2, 0.25) is 0 Å². The Hall–Kier alpha value is -1.33. The quantitative estimate of drug-likeness (QED) is 0.861. The lowest BCUT2D eigenvalue weighted by atomic mass is 10.0. The van der Waals surface area contributed by atoms with Crippen LogP contribution < -0.4 is 5.32 Å². The van der Waals surface area contributed by atoms with Crippen LogP contribution in [0.25, 0.3) is 0 Å². The van der Waals surface area contributed by atoms with Crippen LogP contribution in [0, 0.1) is 24.2 Å². The van der Waals surface area contributed by atoms with Gasteiger partial charge in [0.1, 0.15) is 0 Å². The van der Waals surface area contributed by atoms with E-state index in [2.05, 4.69) is 49.5 Å². The molecule has 3 unspecified atom stereocenters. The predicted octanol–water partition coefficient (Wildman–Crippen LogP) is 3.34. The van der Waals surface area contributed by atoms with Gasteiger partial charge in [-0.05, 0) is 32.3 Å². The fourth-order valence-electron chi connectivity index (χ4n) is 2.59. The zero-order chi connectivity index (χ0) is 12.3. The third kappa shape index (κ3) is 2.87.